The van der Waals surface area contributed by atoms with Crippen molar-refractivity contribution in [1.29, 1.82) is 0 Å². The number of amidine groups is 1. The Morgan fingerprint density at radius 2 is 1.78 bits per heavy atom. The Bertz CT molecular complexity index is 758. The van der Waals surface area contributed by atoms with E-state index >= 15 is 0 Å². The van der Waals surface area contributed by atoms with E-state index in [9.17, 15) is 13.2 Å². The molecule has 0 radical (unpaired) electrons. The number of hydrogen-bond acceptors (Lipinski definition) is 5. The van der Waals surface area contributed by atoms with Crippen LogP contribution in [0.25, 0.3) is 0 Å². The van der Waals surface area contributed by atoms with Crippen molar-refractivity contribution < 1.29 is 13.2 Å². The van der Waals surface area contributed by atoms with E-state index in [1.165, 1.54) is 17.3 Å². The summed E-state index contributed by atoms with van der Waals surface area (Å²) < 4.78 is 38.0. The van der Waals surface area contributed by atoms with Crippen molar-refractivity contribution in [3.05, 3.63) is 59.7 Å². The van der Waals surface area contributed by atoms with Gasteiger partial charge in [-0.15, -0.1) is 5.10 Å². The van der Waals surface area contributed by atoms with Gasteiger partial charge >= 0.3 is 6.18 Å². The van der Waals surface area contributed by atoms with Gasteiger partial charge in [-0.2, -0.15) is 13.2 Å². The van der Waals surface area contributed by atoms with Crippen LogP contribution in [0.5, 0.6) is 0 Å². The van der Waals surface area contributed by atoms with Crippen molar-refractivity contribution in [2.24, 2.45) is 16.7 Å². The molecule has 2 aromatic rings. The summed E-state index contributed by atoms with van der Waals surface area (Å²) in [7, 11) is 1.85. The van der Waals surface area contributed by atoms with Crippen LogP contribution >= 0.6 is 0 Å². The number of nitrogens with zero attached hydrogens (tertiary/aromatic N) is 2. The standard InChI is InChI=1S/C18H23F3N6/c1-24-11-4-12-27(23)26-17(22)15-5-2-3-6-16(15)25-14-9-7-13(8-10-14)18(19,20)21/h2-3,5-10,24-25H,4,11-12,23H2,1H3,(H2,22,26). The van der Waals surface area contributed by atoms with Crippen molar-refractivity contribution in [2.75, 3.05) is 25.5 Å². The fourth-order valence-corrected chi connectivity index (χ4v) is 2.37. The van der Waals surface area contributed by atoms with Crippen molar-refractivity contribution in [3.8, 4) is 0 Å². The number of rotatable bonds is 8. The van der Waals surface area contributed by atoms with E-state index < -0.39 is 11.7 Å². The monoisotopic (exact) mass is 380 g/mol. The molecule has 0 aliphatic heterocycles. The number of nitrogens with one attached hydrogen (secondary N) is 2. The quantitative estimate of drug-likeness (QED) is 0.186. The largest absolute Gasteiger partial charge is 0.416 e. The number of nitrogens with two attached hydrogens (primary N) is 2. The van der Waals surface area contributed by atoms with Crippen molar-refractivity contribution in [1.82, 2.24) is 10.4 Å². The summed E-state index contributed by atoms with van der Waals surface area (Å²) in [6.07, 6.45) is -3.57. The Labute approximate surface area is 156 Å². The Morgan fingerprint density at radius 3 is 2.41 bits per heavy atom. The molecule has 0 unspecified atom stereocenters. The van der Waals surface area contributed by atoms with Crippen LogP contribution in [0.3, 0.4) is 0 Å². The molecule has 0 amide bonds. The number of alkyl halides is 3. The average Bonchev–Trinajstić information content (AvgIpc) is 2.62. The van der Waals surface area contributed by atoms with Gasteiger partial charge in [0, 0.05) is 16.9 Å². The number of hydrogen-bond donors (Lipinski definition) is 4. The lowest BCUT2D eigenvalue weighted by atomic mass is 10.1. The summed E-state index contributed by atoms with van der Waals surface area (Å²) >= 11 is 0. The third-order valence-corrected chi connectivity index (χ3v) is 3.74. The van der Waals surface area contributed by atoms with E-state index in [0.29, 0.717) is 23.5 Å². The summed E-state index contributed by atoms with van der Waals surface area (Å²) in [6.45, 7) is 1.32. The van der Waals surface area contributed by atoms with Crippen LogP contribution in [0.15, 0.2) is 53.6 Å². The zero-order valence-corrected chi connectivity index (χ0v) is 14.9. The molecular weight excluding hydrogens is 357 g/mol. The van der Waals surface area contributed by atoms with E-state index in [2.05, 4.69) is 15.7 Å². The Balaban J connectivity index is 2.15. The lowest BCUT2D eigenvalue weighted by Crippen LogP contribution is -2.31. The van der Waals surface area contributed by atoms with Gasteiger partial charge in [0.1, 0.15) is 0 Å². The first-order valence-electron chi connectivity index (χ1n) is 8.36. The van der Waals surface area contributed by atoms with E-state index in [4.69, 9.17) is 11.6 Å². The van der Waals surface area contributed by atoms with Crippen molar-refractivity contribution in [3.63, 3.8) is 0 Å². The zero-order valence-electron chi connectivity index (χ0n) is 14.9. The Kier molecular flexibility index (Phi) is 7.03. The minimum atomic E-state index is -4.37. The number of benzene rings is 2. The van der Waals surface area contributed by atoms with Crippen molar-refractivity contribution in [2.45, 2.75) is 12.6 Å². The summed E-state index contributed by atoms with van der Waals surface area (Å²) in [6, 6.07) is 11.9. The highest BCUT2D eigenvalue weighted by Gasteiger charge is 2.29. The van der Waals surface area contributed by atoms with Gasteiger partial charge < -0.3 is 16.4 Å². The van der Waals surface area contributed by atoms with Crippen LogP contribution in [-0.2, 0) is 6.18 Å². The molecule has 2 rings (SSSR count). The second-order valence-electron chi connectivity index (χ2n) is 5.85. The van der Waals surface area contributed by atoms with Gasteiger partial charge in [-0.05, 0) is 56.4 Å². The van der Waals surface area contributed by atoms with Crippen LogP contribution < -0.4 is 22.2 Å². The van der Waals surface area contributed by atoms with Gasteiger partial charge in [0.2, 0.25) is 0 Å². The maximum absolute atomic E-state index is 12.7. The summed E-state index contributed by atoms with van der Waals surface area (Å²) in [4.78, 5) is 0. The van der Waals surface area contributed by atoms with E-state index in [1.54, 1.807) is 24.3 Å². The first kappa shape index (κ1) is 20.5. The molecule has 0 aliphatic carbocycles. The highest BCUT2D eigenvalue weighted by Crippen LogP contribution is 2.30. The predicted molar refractivity (Wildman–Crippen MR) is 101 cm³/mol. The zero-order chi connectivity index (χ0) is 19.9. The molecule has 0 fully saturated rings. The molecule has 6 N–H and O–H groups in total. The van der Waals surface area contributed by atoms with Gasteiger partial charge in [-0.3, -0.25) is 0 Å². The predicted octanol–water partition coefficient (Wildman–Crippen LogP) is 2.85. The normalized spacial score (nSPS) is 12.1. The number of halogens is 3. The van der Waals surface area contributed by atoms with Gasteiger partial charge in [0.05, 0.1) is 12.1 Å². The summed E-state index contributed by atoms with van der Waals surface area (Å²) in [5, 5.41) is 11.5. The molecular formula is C18H23F3N6. The van der Waals surface area contributed by atoms with Gasteiger partial charge in [0.25, 0.3) is 0 Å². The minimum absolute atomic E-state index is 0.206. The number of hydrazone groups is 1. The smallest absolute Gasteiger partial charge is 0.382 e. The minimum Gasteiger partial charge on any atom is -0.382 e. The topological polar surface area (TPSA) is 91.7 Å². The van der Waals surface area contributed by atoms with Gasteiger partial charge in [-0.25, -0.2) is 11.0 Å². The fraction of sp³-hybridized carbons (Fsp3) is 0.278. The first-order chi connectivity index (χ1) is 12.8. The van der Waals surface area contributed by atoms with Crippen LogP contribution in [0, 0.1) is 0 Å². The number of hydrazine groups is 1. The summed E-state index contributed by atoms with van der Waals surface area (Å²) in [5.74, 6) is 6.03. The van der Waals surface area contributed by atoms with Crippen LogP contribution in [-0.4, -0.2) is 31.1 Å². The second-order valence-corrected chi connectivity index (χ2v) is 5.85. The van der Waals surface area contributed by atoms with Gasteiger partial charge in [-0.1, -0.05) is 12.1 Å². The molecule has 0 aliphatic rings. The molecule has 0 atom stereocenters. The van der Waals surface area contributed by atoms with Crippen LogP contribution in [0.2, 0.25) is 0 Å². The van der Waals surface area contributed by atoms with Crippen molar-refractivity contribution >= 4 is 17.2 Å². The Hall–Kier alpha value is -2.78. The second kappa shape index (κ2) is 9.24. The molecule has 0 spiro atoms. The Morgan fingerprint density at radius 1 is 1.11 bits per heavy atom. The summed E-state index contributed by atoms with van der Waals surface area (Å²) in [5.41, 5.74) is 7.07. The molecule has 9 heteroatoms. The highest BCUT2D eigenvalue weighted by molar-refractivity contribution is 6.02. The van der Waals surface area contributed by atoms with E-state index in [0.717, 1.165) is 25.1 Å². The maximum Gasteiger partial charge on any atom is 0.416 e. The molecule has 0 heterocycles. The number of anilines is 2. The molecule has 0 bridgehead atoms. The average molecular weight is 380 g/mol. The highest BCUT2D eigenvalue weighted by atomic mass is 19.4. The molecule has 2 aromatic carbocycles. The van der Waals surface area contributed by atoms with E-state index in [1.807, 2.05) is 7.05 Å². The molecule has 6 nitrogen and oxygen atoms in total. The van der Waals surface area contributed by atoms with E-state index in [-0.39, 0.29) is 5.84 Å². The van der Waals surface area contributed by atoms with Crippen LogP contribution in [0.1, 0.15) is 17.5 Å². The fourth-order valence-electron chi connectivity index (χ4n) is 2.37. The number of para-hydroxylation sites is 1. The molecule has 27 heavy (non-hydrogen) atoms. The third-order valence-electron chi connectivity index (χ3n) is 3.74. The first-order valence-corrected chi connectivity index (χ1v) is 8.36. The molecule has 0 saturated heterocycles. The third kappa shape index (κ3) is 6.15. The molecule has 0 saturated carbocycles. The van der Waals surface area contributed by atoms with Crippen LogP contribution in [0.4, 0.5) is 24.5 Å². The lowest BCUT2D eigenvalue weighted by Gasteiger charge is -2.16. The SMILES string of the molecule is CNCCCN(N)/N=C(\N)c1ccccc1Nc1ccc(C(F)(F)F)cc1. The van der Waals surface area contributed by atoms with Gasteiger partial charge in [0.15, 0.2) is 5.84 Å². The maximum atomic E-state index is 12.7. The molecule has 0 aromatic heterocycles. The molecule has 146 valence electrons. The lowest BCUT2D eigenvalue weighted by molar-refractivity contribution is -0.137.